The van der Waals surface area contributed by atoms with Gasteiger partial charge >= 0.3 is 5.97 Å². The molecule has 1 aliphatic rings. The molecule has 1 fully saturated rings. The number of hydrogen-bond acceptors (Lipinski definition) is 3. The number of carbonyl (C=O) groups is 1. The maximum atomic E-state index is 12.0. The number of benzene rings is 1. The van der Waals surface area contributed by atoms with Crippen LogP contribution < -0.4 is 9.47 Å². The molecular weight excluding hydrogens is 256 g/mol. The Morgan fingerprint density at radius 2 is 1.80 bits per heavy atom. The highest BCUT2D eigenvalue weighted by Gasteiger charge is 2.44. The maximum absolute atomic E-state index is 12.0. The zero-order chi connectivity index (χ0) is 14.8. The lowest BCUT2D eigenvalue weighted by Crippen LogP contribution is -2.39. The number of methoxy groups -OCH3 is 2. The SMILES string of the molecule is COc1ccc(C)c(C2(C(=O)O)CCCCC2)c1OC. The molecule has 1 aromatic rings. The molecule has 0 radical (unpaired) electrons. The number of carboxylic acids is 1. The molecule has 0 spiro atoms. The summed E-state index contributed by atoms with van der Waals surface area (Å²) in [6, 6.07) is 3.74. The second-order valence-electron chi connectivity index (χ2n) is 5.44. The zero-order valence-corrected chi connectivity index (χ0v) is 12.4. The minimum atomic E-state index is -0.845. The second kappa shape index (κ2) is 5.73. The fraction of sp³-hybridized carbons (Fsp3) is 0.562. The van der Waals surface area contributed by atoms with Gasteiger partial charge in [0.15, 0.2) is 11.5 Å². The van der Waals surface area contributed by atoms with E-state index in [1.807, 2.05) is 19.1 Å². The number of aliphatic carboxylic acids is 1. The van der Waals surface area contributed by atoms with E-state index in [0.29, 0.717) is 24.3 Å². The molecule has 0 aliphatic heterocycles. The Balaban J connectivity index is 2.67. The van der Waals surface area contributed by atoms with Crippen molar-refractivity contribution in [2.75, 3.05) is 14.2 Å². The lowest BCUT2D eigenvalue weighted by molar-refractivity contribution is -0.145. The largest absolute Gasteiger partial charge is 0.493 e. The number of ether oxygens (including phenoxy) is 2. The fourth-order valence-corrected chi connectivity index (χ4v) is 3.35. The van der Waals surface area contributed by atoms with Gasteiger partial charge in [-0.15, -0.1) is 0 Å². The highest BCUT2D eigenvalue weighted by Crippen LogP contribution is 2.48. The molecule has 1 N–H and O–H groups in total. The highest BCUT2D eigenvalue weighted by atomic mass is 16.5. The molecule has 0 saturated heterocycles. The van der Waals surface area contributed by atoms with E-state index < -0.39 is 11.4 Å². The van der Waals surface area contributed by atoms with E-state index in [4.69, 9.17) is 9.47 Å². The quantitative estimate of drug-likeness (QED) is 0.918. The van der Waals surface area contributed by atoms with Crippen molar-refractivity contribution in [2.24, 2.45) is 0 Å². The predicted molar refractivity (Wildman–Crippen MR) is 76.7 cm³/mol. The molecule has 4 heteroatoms. The predicted octanol–water partition coefficient (Wildman–Crippen LogP) is 3.30. The fourth-order valence-electron chi connectivity index (χ4n) is 3.35. The molecular formula is C16H22O4. The van der Waals surface area contributed by atoms with Crippen LogP contribution in [0.4, 0.5) is 0 Å². The molecule has 0 aromatic heterocycles. The molecule has 4 nitrogen and oxygen atoms in total. The molecule has 110 valence electrons. The standard InChI is InChI=1S/C16H22O4/c1-11-7-8-12(19-2)14(20-3)13(11)16(15(17)18)9-5-4-6-10-16/h7-8H,4-6,9-10H2,1-3H3,(H,17,18). The van der Waals surface area contributed by atoms with E-state index in [1.54, 1.807) is 14.2 Å². The van der Waals surface area contributed by atoms with Crippen LogP contribution in [0.3, 0.4) is 0 Å². The summed E-state index contributed by atoms with van der Waals surface area (Å²) in [7, 11) is 3.14. The summed E-state index contributed by atoms with van der Waals surface area (Å²) in [5, 5.41) is 9.85. The van der Waals surface area contributed by atoms with E-state index in [1.165, 1.54) is 0 Å². The molecule has 0 unspecified atom stereocenters. The summed E-state index contributed by atoms with van der Waals surface area (Å²) in [5.74, 6) is 0.406. The smallest absolute Gasteiger partial charge is 0.314 e. The van der Waals surface area contributed by atoms with Crippen molar-refractivity contribution >= 4 is 5.97 Å². The summed E-state index contributed by atoms with van der Waals surface area (Å²) in [6.07, 6.45) is 4.29. The Bertz CT molecular complexity index is 501. The minimum Gasteiger partial charge on any atom is -0.493 e. The second-order valence-corrected chi connectivity index (χ2v) is 5.44. The first-order chi connectivity index (χ1) is 9.56. The molecule has 0 atom stereocenters. The Kier molecular flexibility index (Phi) is 4.21. The van der Waals surface area contributed by atoms with Gasteiger partial charge in [-0.3, -0.25) is 4.79 Å². The van der Waals surface area contributed by atoms with Gasteiger partial charge in [-0.2, -0.15) is 0 Å². The molecule has 1 aliphatic carbocycles. The number of hydrogen-bond donors (Lipinski definition) is 1. The van der Waals surface area contributed by atoms with Crippen LogP contribution in [0.5, 0.6) is 11.5 Å². The molecule has 0 heterocycles. The Hall–Kier alpha value is -1.71. The van der Waals surface area contributed by atoms with E-state index in [-0.39, 0.29) is 0 Å². The Morgan fingerprint density at radius 1 is 1.15 bits per heavy atom. The van der Waals surface area contributed by atoms with Gasteiger partial charge in [0.05, 0.1) is 19.6 Å². The van der Waals surface area contributed by atoms with Crippen molar-refractivity contribution in [3.63, 3.8) is 0 Å². The van der Waals surface area contributed by atoms with Crippen LogP contribution in [-0.2, 0) is 10.2 Å². The van der Waals surface area contributed by atoms with E-state index in [9.17, 15) is 9.90 Å². The first-order valence-corrected chi connectivity index (χ1v) is 7.02. The maximum Gasteiger partial charge on any atom is 0.314 e. The third-order valence-electron chi connectivity index (χ3n) is 4.35. The van der Waals surface area contributed by atoms with Gasteiger partial charge in [0.1, 0.15) is 0 Å². The Morgan fingerprint density at radius 3 is 2.30 bits per heavy atom. The third kappa shape index (κ3) is 2.23. The summed E-state index contributed by atoms with van der Waals surface area (Å²) >= 11 is 0. The van der Waals surface area contributed by atoms with Gasteiger partial charge in [0.25, 0.3) is 0 Å². The van der Waals surface area contributed by atoms with E-state index >= 15 is 0 Å². The van der Waals surface area contributed by atoms with Crippen LogP contribution in [0.25, 0.3) is 0 Å². The van der Waals surface area contributed by atoms with Crippen molar-refractivity contribution in [3.8, 4) is 11.5 Å². The van der Waals surface area contributed by atoms with Crippen molar-refractivity contribution in [3.05, 3.63) is 23.3 Å². The van der Waals surface area contributed by atoms with Crippen LogP contribution in [0.2, 0.25) is 0 Å². The number of aryl methyl sites for hydroxylation is 1. The van der Waals surface area contributed by atoms with E-state index in [0.717, 1.165) is 30.4 Å². The average molecular weight is 278 g/mol. The van der Waals surface area contributed by atoms with Crippen molar-refractivity contribution in [1.82, 2.24) is 0 Å². The third-order valence-corrected chi connectivity index (χ3v) is 4.35. The molecule has 0 bridgehead atoms. The van der Waals surface area contributed by atoms with Crippen LogP contribution in [0.1, 0.15) is 43.2 Å². The van der Waals surface area contributed by atoms with Crippen LogP contribution in [0, 0.1) is 6.92 Å². The molecule has 0 amide bonds. The first kappa shape index (κ1) is 14.7. The summed E-state index contributed by atoms with van der Waals surface area (Å²) < 4.78 is 10.8. The topological polar surface area (TPSA) is 55.8 Å². The molecule has 1 saturated carbocycles. The molecule has 2 rings (SSSR count). The van der Waals surface area contributed by atoms with Crippen LogP contribution >= 0.6 is 0 Å². The summed E-state index contributed by atoms with van der Waals surface area (Å²) in [5.41, 5.74) is 0.890. The van der Waals surface area contributed by atoms with Crippen molar-refractivity contribution < 1.29 is 19.4 Å². The molecule has 1 aromatic carbocycles. The van der Waals surface area contributed by atoms with Gasteiger partial charge in [-0.05, 0) is 31.4 Å². The monoisotopic (exact) mass is 278 g/mol. The Labute approximate surface area is 119 Å². The zero-order valence-electron chi connectivity index (χ0n) is 12.4. The first-order valence-electron chi connectivity index (χ1n) is 7.02. The van der Waals surface area contributed by atoms with Crippen molar-refractivity contribution in [2.45, 2.75) is 44.4 Å². The van der Waals surface area contributed by atoms with E-state index in [2.05, 4.69) is 0 Å². The number of rotatable bonds is 4. The van der Waals surface area contributed by atoms with Crippen LogP contribution in [0.15, 0.2) is 12.1 Å². The summed E-state index contributed by atoms with van der Waals surface area (Å²) in [6.45, 7) is 1.94. The molecule has 20 heavy (non-hydrogen) atoms. The van der Waals surface area contributed by atoms with Gasteiger partial charge in [0, 0.05) is 5.56 Å². The lowest BCUT2D eigenvalue weighted by atomic mass is 9.68. The van der Waals surface area contributed by atoms with Gasteiger partial charge in [0.2, 0.25) is 0 Å². The lowest BCUT2D eigenvalue weighted by Gasteiger charge is -2.36. The van der Waals surface area contributed by atoms with Crippen molar-refractivity contribution in [1.29, 1.82) is 0 Å². The van der Waals surface area contributed by atoms with Gasteiger partial charge in [-0.1, -0.05) is 25.3 Å². The van der Waals surface area contributed by atoms with Gasteiger partial charge in [-0.25, -0.2) is 0 Å². The minimum absolute atomic E-state index is 0.566. The normalized spacial score (nSPS) is 17.6. The number of carboxylic acid groups (broad SMARTS) is 1. The van der Waals surface area contributed by atoms with Gasteiger partial charge < -0.3 is 14.6 Å². The van der Waals surface area contributed by atoms with Crippen LogP contribution in [-0.4, -0.2) is 25.3 Å². The highest BCUT2D eigenvalue weighted by molar-refractivity contribution is 5.84. The average Bonchev–Trinajstić information content (AvgIpc) is 2.47. The summed E-state index contributed by atoms with van der Waals surface area (Å²) in [4.78, 5) is 12.0.